The monoisotopic (exact) mass is 383 g/mol. The highest BCUT2D eigenvalue weighted by Gasteiger charge is 2.15. The molecule has 0 aliphatic carbocycles. The molecule has 21 heavy (non-hydrogen) atoms. The van der Waals surface area contributed by atoms with Crippen LogP contribution in [0.25, 0.3) is 22.3 Å². The lowest BCUT2D eigenvalue weighted by Gasteiger charge is -2.08. The molecule has 3 aromatic rings. The summed E-state index contributed by atoms with van der Waals surface area (Å²) in [6, 6.07) is 4.94. The van der Waals surface area contributed by atoms with Gasteiger partial charge in [0.05, 0.1) is 10.4 Å². The molecule has 0 amide bonds. The second-order valence-corrected chi connectivity index (χ2v) is 6.30. The zero-order valence-corrected chi connectivity index (χ0v) is 13.9. The smallest absolute Gasteiger partial charge is 0.196 e. The minimum atomic E-state index is -0.157. The molecule has 2 aromatic heterocycles. The fourth-order valence-corrected chi connectivity index (χ4v) is 3.02. The second kappa shape index (κ2) is 5.44. The Labute approximate surface area is 138 Å². The van der Waals surface area contributed by atoms with Gasteiger partial charge in [-0.25, -0.2) is 0 Å². The molecule has 2 heterocycles. The van der Waals surface area contributed by atoms with Crippen LogP contribution in [0.3, 0.4) is 0 Å². The summed E-state index contributed by atoms with van der Waals surface area (Å²) in [5.41, 5.74) is 1.36. The Morgan fingerprint density at radius 1 is 1.19 bits per heavy atom. The van der Waals surface area contributed by atoms with E-state index in [2.05, 4.69) is 20.9 Å². The third-order valence-electron chi connectivity index (χ3n) is 3.11. The fourth-order valence-electron chi connectivity index (χ4n) is 2.13. The van der Waals surface area contributed by atoms with E-state index in [1.807, 2.05) is 6.07 Å². The molecule has 106 valence electrons. The maximum absolute atomic E-state index is 12.5. The Hall–Kier alpha value is -1.36. The molecule has 0 fully saturated rings. The molecular weight excluding hydrogens is 377 g/mol. The Balaban J connectivity index is 2.41. The predicted octanol–water partition coefficient (Wildman–Crippen LogP) is 5.23. The van der Waals surface area contributed by atoms with Gasteiger partial charge in [0.2, 0.25) is 0 Å². The first-order chi connectivity index (χ1) is 9.97. The highest BCUT2D eigenvalue weighted by molar-refractivity contribution is 9.10. The number of pyridine rings is 1. The van der Waals surface area contributed by atoms with Crippen LogP contribution in [0.5, 0.6) is 0 Å². The van der Waals surface area contributed by atoms with Crippen molar-refractivity contribution in [2.24, 2.45) is 0 Å². The van der Waals surface area contributed by atoms with Crippen LogP contribution in [0.15, 0.2) is 44.3 Å². The van der Waals surface area contributed by atoms with Crippen LogP contribution >= 0.6 is 39.1 Å². The standard InChI is InChI=1S/C15H8BrCl2NO2/c1-7-13(20)11-3-10(17)4-12(18)15(11)21-14(7)8-2-9(16)6-19-5-8/h2-6H,1H3. The number of rotatable bonds is 1. The quantitative estimate of drug-likeness (QED) is 0.576. The first-order valence-corrected chi connectivity index (χ1v) is 7.55. The average molecular weight is 385 g/mol. The third kappa shape index (κ3) is 2.59. The summed E-state index contributed by atoms with van der Waals surface area (Å²) in [6.07, 6.45) is 3.29. The van der Waals surface area contributed by atoms with Crippen LogP contribution in [-0.4, -0.2) is 4.98 Å². The first kappa shape index (κ1) is 14.6. The molecule has 3 nitrogen and oxygen atoms in total. The molecule has 0 aliphatic heterocycles. The third-order valence-corrected chi connectivity index (χ3v) is 4.04. The van der Waals surface area contributed by atoms with Gasteiger partial charge in [-0.05, 0) is 41.1 Å². The molecule has 0 atom stereocenters. The SMILES string of the molecule is Cc1c(-c2cncc(Br)c2)oc2c(Cl)cc(Cl)cc2c1=O. The van der Waals surface area contributed by atoms with Gasteiger partial charge in [-0.3, -0.25) is 9.78 Å². The summed E-state index contributed by atoms with van der Waals surface area (Å²) < 4.78 is 6.64. The topological polar surface area (TPSA) is 43.1 Å². The highest BCUT2D eigenvalue weighted by Crippen LogP contribution is 2.32. The molecule has 0 radical (unpaired) electrons. The molecule has 0 saturated heterocycles. The van der Waals surface area contributed by atoms with E-state index in [0.29, 0.717) is 37.9 Å². The maximum Gasteiger partial charge on any atom is 0.196 e. The summed E-state index contributed by atoms with van der Waals surface area (Å²) in [6.45, 7) is 1.70. The van der Waals surface area contributed by atoms with E-state index in [-0.39, 0.29) is 5.43 Å². The second-order valence-electron chi connectivity index (χ2n) is 4.54. The largest absolute Gasteiger partial charge is 0.454 e. The molecule has 0 aliphatic rings. The minimum Gasteiger partial charge on any atom is -0.454 e. The molecule has 0 spiro atoms. The number of aromatic nitrogens is 1. The first-order valence-electron chi connectivity index (χ1n) is 6.01. The van der Waals surface area contributed by atoms with Gasteiger partial charge in [-0.15, -0.1) is 0 Å². The zero-order chi connectivity index (χ0) is 15.1. The molecule has 3 rings (SSSR count). The van der Waals surface area contributed by atoms with Crippen LogP contribution < -0.4 is 5.43 Å². The number of halogens is 3. The van der Waals surface area contributed by atoms with E-state index < -0.39 is 0 Å². The van der Waals surface area contributed by atoms with Crippen molar-refractivity contribution in [2.75, 3.05) is 0 Å². The molecule has 1 aromatic carbocycles. The van der Waals surface area contributed by atoms with Crippen molar-refractivity contribution in [1.29, 1.82) is 0 Å². The van der Waals surface area contributed by atoms with Gasteiger partial charge >= 0.3 is 0 Å². The van der Waals surface area contributed by atoms with Crippen molar-refractivity contribution in [2.45, 2.75) is 6.92 Å². The fraction of sp³-hybridized carbons (Fsp3) is 0.0667. The lowest BCUT2D eigenvalue weighted by atomic mass is 10.1. The van der Waals surface area contributed by atoms with Crippen LogP contribution in [0, 0.1) is 6.92 Å². The van der Waals surface area contributed by atoms with E-state index in [9.17, 15) is 4.79 Å². The van der Waals surface area contributed by atoms with E-state index >= 15 is 0 Å². The summed E-state index contributed by atoms with van der Waals surface area (Å²) in [4.78, 5) is 16.6. The number of hydrogen-bond donors (Lipinski definition) is 0. The van der Waals surface area contributed by atoms with Gasteiger partial charge < -0.3 is 4.42 Å². The molecular formula is C15H8BrCl2NO2. The lowest BCUT2D eigenvalue weighted by molar-refractivity contribution is 0.614. The van der Waals surface area contributed by atoms with Gasteiger partial charge in [0, 0.05) is 33.0 Å². The van der Waals surface area contributed by atoms with Crippen LogP contribution in [0.2, 0.25) is 10.0 Å². The Morgan fingerprint density at radius 3 is 2.67 bits per heavy atom. The Kier molecular flexibility index (Phi) is 3.78. The minimum absolute atomic E-state index is 0.157. The van der Waals surface area contributed by atoms with Crippen molar-refractivity contribution in [3.05, 3.63) is 60.9 Å². The number of benzene rings is 1. The molecule has 0 bridgehead atoms. The average Bonchev–Trinajstić information content (AvgIpc) is 2.43. The molecule has 0 N–H and O–H groups in total. The van der Waals surface area contributed by atoms with Crippen molar-refractivity contribution in [3.63, 3.8) is 0 Å². The summed E-state index contributed by atoms with van der Waals surface area (Å²) in [5, 5.41) is 1.08. The molecule has 0 unspecified atom stereocenters. The highest BCUT2D eigenvalue weighted by atomic mass is 79.9. The summed E-state index contributed by atoms with van der Waals surface area (Å²) in [5.74, 6) is 0.450. The van der Waals surface area contributed by atoms with Gasteiger partial charge in [0.25, 0.3) is 0 Å². The molecule has 6 heteroatoms. The van der Waals surface area contributed by atoms with Crippen LogP contribution in [0.1, 0.15) is 5.56 Å². The van der Waals surface area contributed by atoms with Gasteiger partial charge in [0.1, 0.15) is 5.76 Å². The summed E-state index contributed by atoms with van der Waals surface area (Å²) in [7, 11) is 0. The van der Waals surface area contributed by atoms with Gasteiger partial charge in [-0.1, -0.05) is 23.2 Å². The van der Waals surface area contributed by atoms with Gasteiger partial charge in [-0.2, -0.15) is 0 Å². The lowest BCUT2D eigenvalue weighted by Crippen LogP contribution is -2.07. The maximum atomic E-state index is 12.5. The number of nitrogens with zero attached hydrogens (tertiary/aromatic N) is 1. The van der Waals surface area contributed by atoms with Crippen LogP contribution in [0.4, 0.5) is 0 Å². The van der Waals surface area contributed by atoms with Crippen molar-refractivity contribution in [3.8, 4) is 11.3 Å². The Bertz CT molecular complexity index is 921. The van der Waals surface area contributed by atoms with Crippen molar-refractivity contribution in [1.82, 2.24) is 4.98 Å². The van der Waals surface area contributed by atoms with E-state index in [1.54, 1.807) is 31.5 Å². The summed E-state index contributed by atoms with van der Waals surface area (Å²) >= 11 is 15.4. The van der Waals surface area contributed by atoms with Crippen molar-refractivity contribution >= 4 is 50.1 Å². The normalized spacial score (nSPS) is 11.0. The Morgan fingerprint density at radius 2 is 1.95 bits per heavy atom. The number of hydrogen-bond acceptors (Lipinski definition) is 3. The number of fused-ring (bicyclic) bond motifs is 1. The van der Waals surface area contributed by atoms with E-state index in [4.69, 9.17) is 27.6 Å². The van der Waals surface area contributed by atoms with E-state index in [1.165, 1.54) is 0 Å². The molecule has 0 saturated carbocycles. The zero-order valence-electron chi connectivity index (χ0n) is 10.8. The van der Waals surface area contributed by atoms with Crippen LogP contribution in [-0.2, 0) is 0 Å². The van der Waals surface area contributed by atoms with Crippen molar-refractivity contribution < 1.29 is 4.42 Å². The van der Waals surface area contributed by atoms with Gasteiger partial charge in [0.15, 0.2) is 11.0 Å². The predicted molar refractivity (Wildman–Crippen MR) is 88.2 cm³/mol. The van der Waals surface area contributed by atoms with E-state index in [0.717, 1.165) is 4.47 Å².